The van der Waals surface area contributed by atoms with Gasteiger partial charge in [0, 0.05) is 13.1 Å². The van der Waals surface area contributed by atoms with Crippen molar-refractivity contribution >= 4 is 17.8 Å². The minimum absolute atomic E-state index is 0.460. The van der Waals surface area contributed by atoms with Crippen LogP contribution in [0.25, 0.3) is 6.08 Å². The lowest BCUT2D eigenvalue weighted by Crippen LogP contribution is -2.35. The minimum Gasteiger partial charge on any atom is -0.284 e. The maximum atomic E-state index is 10.9. The van der Waals surface area contributed by atoms with Crippen LogP contribution in [0.2, 0.25) is 0 Å². The highest BCUT2D eigenvalue weighted by atomic mass is 16.2. The fourth-order valence-electron chi connectivity index (χ4n) is 1.04. The molecule has 12 heavy (non-hydrogen) atoms. The van der Waals surface area contributed by atoms with Crippen molar-refractivity contribution in [3.05, 3.63) is 16.9 Å². The zero-order chi connectivity index (χ0) is 8.72. The number of carbonyl (C=O) groups is 2. The molecule has 0 fully saturated rings. The fourth-order valence-corrected chi connectivity index (χ4v) is 1.04. The third-order valence-corrected chi connectivity index (χ3v) is 1.66. The fraction of sp³-hybridized carbons (Fsp3) is 0.143. The topological polar surface area (TPSA) is 64.3 Å². The summed E-state index contributed by atoms with van der Waals surface area (Å²) < 4.78 is 1.50. The molecule has 0 saturated carbocycles. The van der Waals surface area contributed by atoms with Crippen molar-refractivity contribution < 1.29 is 9.59 Å². The van der Waals surface area contributed by atoms with Gasteiger partial charge in [0.15, 0.2) is 0 Å². The SMILES string of the molecule is Cn1ncc2c1=CC(=O)C(=O)N=2. The number of ketones is 1. The van der Waals surface area contributed by atoms with Gasteiger partial charge in [0.05, 0.1) is 11.5 Å². The van der Waals surface area contributed by atoms with E-state index < -0.39 is 11.7 Å². The molecule has 0 spiro atoms. The summed E-state index contributed by atoms with van der Waals surface area (Å²) in [4.78, 5) is 25.2. The Morgan fingerprint density at radius 3 is 2.92 bits per heavy atom. The van der Waals surface area contributed by atoms with Crippen LogP contribution >= 0.6 is 0 Å². The number of rotatable bonds is 0. The molecule has 5 nitrogen and oxygen atoms in total. The normalized spacial score (nSPS) is 15.1. The molecule has 1 aromatic heterocycles. The molecule has 0 aliphatic carbocycles. The third-order valence-electron chi connectivity index (χ3n) is 1.66. The van der Waals surface area contributed by atoms with Gasteiger partial charge in [-0.2, -0.15) is 5.10 Å². The molecule has 1 aliphatic heterocycles. The van der Waals surface area contributed by atoms with Crippen molar-refractivity contribution in [3.8, 4) is 0 Å². The van der Waals surface area contributed by atoms with Gasteiger partial charge >= 0.3 is 5.91 Å². The number of aryl methyl sites for hydroxylation is 1. The lowest BCUT2D eigenvalue weighted by molar-refractivity contribution is -0.132. The van der Waals surface area contributed by atoms with E-state index in [2.05, 4.69) is 10.1 Å². The van der Waals surface area contributed by atoms with Gasteiger partial charge in [-0.3, -0.25) is 14.3 Å². The van der Waals surface area contributed by atoms with Gasteiger partial charge in [-0.1, -0.05) is 0 Å². The summed E-state index contributed by atoms with van der Waals surface area (Å²) >= 11 is 0. The van der Waals surface area contributed by atoms with Gasteiger partial charge in [0.1, 0.15) is 5.36 Å². The summed E-state index contributed by atoms with van der Waals surface area (Å²) in [5.74, 6) is -1.32. The molecule has 2 rings (SSSR count). The van der Waals surface area contributed by atoms with Gasteiger partial charge in [-0.05, 0) is 0 Å². The zero-order valence-corrected chi connectivity index (χ0v) is 6.31. The first-order valence-electron chi connectivity index (χ1n) is 3.35. The molecule has 5 heteroatoms. The van der Waals surface area contributed by atoms with E-state index in [1.807, 2.05) is 0 Å². The summed E-state index contributed by atoms with van der Waals surface area (Å²) in [5, 5.41) is 4.90. The second kappa shape index (κ2) is 2.10. The van der Waals surface area contributed by atoms with Crippen LogP contribution in [-0.2, 0) is 16.6 Å². The molecule has 2 heterocycles. The lowest BCUT2D eigenvalue weighted by Gasteiger charge is -1.93. The Balaban J connectivity index is 2.91. The van der Waals surface area contributed by atoms with Crippen molar-refractivity contribution in [2.24, 2.45) is 12.0 Å². The molecule has 0 radical (unpaired) electrons. The van der Waals surface area contributed by atoms with Crippen molar-refractivity contribution in [3.63, 3.8) is 0 Å². The quantitative estimate of drug-likeness (QED) is 0.413. The first-order chi connectivity index (χ1) is 5.68. The molecular weight excluding hydrogens is 158 g/mol. The average Bonchev–Trinajstić information content (AvgIpc) is 2.35. The number of amides is 1. The molecule has 1 aliphatic rings. The summed E-state index contributed by atoms with van der Waals surface area (Å²) in [6.45, 7) is 0. The lowest BCUT2D eigenvalue weighted by atomic mass is 10.3. The predicted octanol–water partition coefficient (Wildman–Crippen LogP) is -2.07. The van der Waals surface area contributed by atoms with Crippen LogP contribution in [0, 0.1) is 0 Å². The molecular formula is C7H5N3O2. The molecule has 60 valence electrons. The molecule has 0 saturated heterocycles. The summed E-state index contributed by atoms with van der Waals surface area (Å²) in [6, 6.07) is 0. The Labute approximate surface area is 67.0 Å². The molecule has 1 aromatic rings. The summed E-state index contributed by atoms with van der Waals surface area (Å²) in [6.07, 6.45) is 2.70. The summed E-state index contributed by atoms with van der Waals surface area (Å²) in [5.41, 5.74) is 0. The van der Waals surface area contributed by atoms with E-state index in [1.165, 1.54) is 17.0 Å². The van der Waals surface area contributed by atoms with Crippen molar-refractivity contribution in [2.75, 3.05) is 0 Å². The van der Waals surface area contributed by atoms with Gasteiger partial charge in [-0.15, -0.1) is 0 Å². The molecule has 0 atom stereocenters. The molecule has 0 unspecified atom stereocenters. The maximum Gasteiger partial charge on any atom is 0.318 e. The van der Waals surface area contributed by atoms with Gasteiger partial charge in [0.25, 0.3) is 0 Å². The number of carbonyl (C=O) groups excluding carboxylic acids is 2. The number of aromatic nitrogens is 2. The Bertz CT molecular complexity index is 483. The smallest absolute Gasteiger partial charge is 0.284 e. The number of hydrogen-bond acceptors (Lipinski definition) is 3. The highest BCUT2D eigenvalue weighted by molar-refractivity contribution is 6.48. The van der Waals surface area contributed by atoms with E-state index in [-0.39, 0.29) is 0 Å². The molecule has 0 aromatic carbocycles. The van der Waals surface area contributed by atoms with Crippen molar-refractivity contribution in [1.82, 2.24) is 9.78 Å². The monoisotopic (exact) mass is 163 g/mol. The largest absolute Gasteiger partial charge is 0.318 e. The van der Waals surface area contributed by atoms with Crippen LogP contribution < -0.4 is 10.7 Å². The number of Topliss-reactive ketones (excluding diaryl/α,β-unsaturated/α-hetero) is 1. The van der Waals surface area contributed by atoms with Crippen LogP contribution in [0.1, 0.15) is 0 Å². The summed E-state index contributed by atoms with van der Waals surface area (Å²) in [7, 11) is 1.69. The molecule has 1 amide bonds. The van der Waals surface area contributed by atoms with E-state index in [1.54, 1.807) is 7.05 Å². The highest BCUT2D eigenvalue weighted by Crippen LogP contribution is 1.83. The Morgan fingerprint density at radius 2 is 2.17 bits per heavy atom. The van der Waals surface area contributed by atoms with Crippen LogP contribution in [0.5, 0.6) is 0 Å². The van der Waals surface area contributed by atoms with E-state index in [0.717, 1.165) is 0 Å². The van der Waals surface area contributed by atoms with Crippen LogP contribution in [0.4, 0.5) is 0 Å². The number of fused-ring (bicyclic) bond motifs is 1. The first kappa shape index (κ1) is 6.90. The van der Waals surface area contributed by atoms with Crippen molar-refractivity contribution in [1.29, 1.82) is 0 Å². The predicted molar refractivity (Wildman–Crippen MR) is 38.5 cm³/mol. The minimum atomic E-state index is -0.726. The van der Waals surface area contributed by atoms with Crippen LogP contribution in [0.15, 0.2) is 11.2 Å². The number of nitrogens with zero attached hydrogens (tertiary/aromatic N) is 3. The Morgan fingerprint density at radius 1 is 1.42 bits per heavy atom. The molecule has 0 bridgehead atoms. The Hall–Kier alpha value is -1.78. The standard InChI is InChI=1S/C7H5N3O2/c1-10-5-2-6(11)7(12)9-4(5)3-8-10/h2-3H,1H3. The van der Waals surface area contributed by atoms with Crippen LogP contribution in [0.3, 0.4) is 0 Å². The second-order valence-corrected chi connectivity index (χ2v) is 2.46. The van der Waals surface area contributed by atoms with E-state index in [0.29, 0.717) is 10.7 Å². The van der Waals surface area contributed by atoms with E-state index >= 15 is 0 Å². The third kappa shape index (κ3) is 0.795. The zero-order valence-electron chi connectivity index (χ0n) is 6.31. The van der Waals surface area contributed by atoms with Crippen molar-refractivity contribution in [2.45, 2.75) is 0 Å². The van der Waals surface area contributed by atoms with Gasteiger partial charge < -0.3 is 0 Å². The highest BCUT2D eigenvalue weighted by Gasteiger charge is 2.14. The first-order valence-corrected chi connectivity index (χ1v) is 3.35. The second-order valence-electron chi connectivity index (χ2n) is 2.46. The van der Waals surface area contributed by atoms with Gasteiger partial charge in [0.2, 0.25) is 5.78 Å². The van der Waals surface area contributed by atoms with Gasteiger partial charge in [-0.25, -0.2) is 4.99 Å². The van der Waals surface area contributed by atoms with Crippen LogP contribution in [-0.4, -0.2) is 21.5 Å². The molecule has 0 N–H and O–H groups in total. The number of hydrogen-bond donors (Lipinski definition) is 0. The maximum absolute atomic E-state index is 10.9. The van der Waals surface area contributed by atoms with E-state index in [4.69, 9.17) is 0 Å². The Kier molecular flexibility index (Phi) is 1.21. The average molecular weight is 163 g/mol. The van der Waals surface area contributed by atoms with E-state index in [9.17, 15) is 9.59 Å².